The molecule has 1 aromatic heterocycles. The van der Waals surface area contributed by atoms with Crippen LogP contribution in [-0.2, 0) is 6.54 Å². The van der Waals surface area contributed by atoms with Crippen molar-refractivity contribution in [3.8, 4) is 11.6 Å². The lowest BCUT2D eigenvalue weighted by molar-refractivity contribution is -0.384. The summed E-state index contributed by atoms with van der Waals surface area (Å²) in [5.74, 6) is 0.837. The number of pyridine rings is 1. The molecule has 0 atom stereocenters. The fourth-order valence-corrected chi connectivity index (χ4v) is 1.89. The molecule has 0 amide bonds. The highest BCUT2D eigenvalue weighted by Crippen LogP contribution is 2.31. The van der Waals surface area contributed by atoms with Gasteiger partial charge in [-0.25, -0.2) is 4.98 Å². The first-order valence-electron chi connectivity index (χ1n) is 5.82. The van der Waals surface area contributed by atoms with Crippen LogP contribution in [0.4, 0.5) is 5.69 Å². The molecule has 2 rings (SSSR count). The van der Waals surface area contributed by atoms with Gasteiger partial charge in [0, 0.05) is 30.4 Å². The van der Waals surface area contributed by atoms with E-state index < -0.39 is 4.92 Å². The number of benzene rings is 1. The molecule has 0 aliphatic rings. The Morgan fingerprint density at radius 3 is 2.90 bits per heavy atom. The third kappa shape index (κ3) is 3.23. The average molecular weight is 294 g/mol. The third-order valence-electron chi connectivity index (χ3n) is 2.55. The summed E-state index contributed by atoms with van der Waals surface area (Å²) in [7, 11) is 1.82. The Bertz CT molecular complexity index is 634. The zero-order valence-electron chi connectivity index (χ0n) is 10.7. The number of nitro groups is 1. The standard InChI is InChI=1S/C13H12ClN3O3/c1-15-8-9-3-2-6-16-13(9)20-10-4-5-12(17(18)19)11(14)7-10/h2-7,15H,8H2,1H3. The molecular weight excluding hydrogens is 282 g/mol. The molecular formula is C13H12ClN3O3. The average Bonchev–Trinajstić information content (AvgIpc) is 2.41. The number of rotatable bonds is 5. The zero-order chi connectivity index (χ0) is 14.5. The maximum absolute atomic E-state index is 10.7. The van der Waals surface area contributed by atoms with Crippen LogP contribution in [0.15, 0.2) is 36.5 Å². The minimum Gasteiger partial charge on any atom is -0.439 e. The van der Waals surface area contributed by atoms with Crippen LogP contribution in [0.1, 0.15) is 5.56 Å². The van der Waals surface area contributed by atoms with Crippen molar-refractivity contribution in [1.29, 1.82) is 0 Å². The van der Waals surface area contributed by atoms with Crippen molar-refractivity contribution in [2.24, 2.45) is 0 Å². The van der Waals surface area contributed by atoms with Crippen LogP contribution in [-0.4, -0.2) is 17.0 Å². The minimum atomic E-state index is -0.542. The molecule has 0 saturated carbocycles. The number of nitrogens with zero attached hydrogens (tertiary/aromatic N) is 2. The van der Waals surface area contributed by atoms with Crippen molar-refractivity contribution in [1.82, 2.24) is 10.3 Å². The number of nitrogens with one attached hydrogen (secondary N) is 1. The molecule has 2 aromatic rings. The molecule has 0 aliphatic heterocycles. The van der Waals surface area contributed by atoms with Crippen molar-refractivity contribution in [3.63, 3.8) is 0 Å². The Hall–Kier alpha value is -2.18. The van der Waals surface area contributed by atoms with Gasteiger partial charge in [0.15, 0.2) is 0 Å². The molecule has 7 heteroatoms. The smallest absolute Gasteiger partial charge is 0.288 e. The first-order chi connectivity index (χ1) is 9.61. The molecule has 0 spiro atoms. The summed E-state index contributed by atoms with van der Waals surface area (Å²) in [6.07, 6.45) is 1.61. The number of ether oxygens (including phenoxy) is 1. The SMILES string of the molecule is CNCc1cccnc1Oc1ccc([N+](=O)[O-])c(Cl)c1. The summed E-state index contributed by atoms with van der Waals surface area (Å²) in [6, 6.07) is 7.88. The van der Waals surface area contributed by atoms with Crippen LogP contribution in [0, 0.1) is 10.1 Å². The Morgan fingerprint density at radius 2 is 2.25 bits per heavy atom. The lowest BCUT2D eigenvalue weighted by Gasteiger charge is -2.09. The quantitative estimate of drug-likeness (QED) is 0.677. The normalized spacial score (nSPS) is 10.3. The van der Waals surface area contributed by atoms with E-state index in [2.05, 4.69) is 10.3 Å². The van der Waals surface area contributed by atoms with Gasteiger partial charge in [-0.3, -0.25) is 10.1 Å². The molecule has 0 aliphatic carbocycles. The lowest BCUT2D eigenvalue weighted by atomic mass is 10.2. The van der Waals surface area contributed by atoms with Gasteiger partial charge in [-0.15, -0.1) is 0 Å². The summed E-state index contributed by atoms with van der Waals surface area (Å²) >= 11 is 5.84. The van der Waals surface area contributed by atoms with Gasteiger partial charge in [0.05, 0.1) is 4.92 Å². The van der Waals surface area contributed by atoms with E-state index in [4.69, 9.17) is 16.3 Å². The highest BCUT2D eigenvalue weighted by Gasteiger charge is 2.14. The highest BCUT2D eigenvalue weighted by molar-refractivity contribution is 6.32. The van der Waals surface area contributed by atoms with Crippen LogP contribution < -0.4 is 10.1 Å². The van der Waals surface area contributed by atoms with Crippen molar-refractivity contribution in [3.05, 3.63) is 57.2 Å². The van der Waals surface area contributed by atoms with Gasteiger partial charge in [-0.2, -0.15) is 0 Å². The summed E-state index contributed by atoms with van der Waals surface area (Å²) < 4.78 is 5.62. The Labute approximate surface area is 120 Å². The van der Waals surface area contributed by atoms with E-state index in [1.54, 1.807) is 6.20 Å². The third-order valence-corrected chi connectivity index (χ3v) is 2.85. The van der Waals surface area contributed by atoms with Crippen molar-refractivity contribution in [2.45, 2.75) is 6.54 Å². The van der Waals surface area contributed by atoms with Crippen LogP contribution in [0.5, 0.6) is 11.6 Å². The summed E-state index contributed by atoms with van der Waals surface area (Å²) in [4.78, 5) is 14.3. The van der Waals surface area contributed by atoms with Gasteiger partial charge in [0.1, 0.15) is 10.8 Å². The molecule has 6 nitrogen and oxygen atoms in total. The molecule has 0 unspecified atom stereocenters. The van der Waals surface area contributed by atoms with E-state index in [0.29, 0.717) is 18.2 Å². The molecule has 20 heavy (non-hydrogen) atoms. The Morgan fingerprint density at radius 1 is 1.45 bits per heavy atom. The van der Waals surface area contributed by atoms with E-state index in [-0.39, 0.29) is 10.7 Å². The maximum Gasteiger partial charge on any atom is 0.288 e. The highest BCUT2D eigenvalue weighted by atomic mass is 35.5. The van der Waals surface area contributed by atoms with Gasteiger partial charge in [-0.05, 0) is 19.2 Å². The van der Waals surface area contributed by atoms with Crippen LogP contribution in [0.25, 0.3) is 0 Å². The van der Waals surface area contributed by atoms with Crippen molar-refractivity contribution < 1.29 is 9.66 Å². The largest absolute Gasteiger partial charge is 0.439 e. The summed E-state index contributed by atoms with van der Waals surface area (Å²) in [6.45, 7) is 0.601. The topological polar surface area (TPSA) is 77.3 Å². The second-order valence-corrected chi connectivity index (χ2v) is 4.38. The molecule has 1 N–H and O–H groups in total. The summed E-state index contributed by atoms with van der Waals surface area (Å²) in [5, 5.41) is 13.7. The second-order valence-electron chi connectivity index (χ2n) is 3.97. The van der Waals surface area contributed by atoms with Gasteiger partial charge in [-0.1, -0.05) is 17.7 Å². The molecule has 104 valence electrons. The monoisotopic (exact) mass is 293 g/mol. The van der Waals surface area contributed by atoms with Crippen LogP contribution in [0.2, 0.25) is 5.02 Å². The number of halogens is 1. The van der Waals surface area contributed by atoms with E-state index >= 15 is 0 Å². The van der Waals surface area contributed by atoms with E-state index in [9.17, 15) is 10.1 Å². The molecule has 1 heterocycles. The molecule has 0 bridgehead atoms. The number of hydrogen-bond acceptors (Lipinski definition) is 5. The van der Waals surface area contributed by atoms with Gasteiger partial charge < -0.3 is 10.1 Å². The predicted molar refractivity (Wildman–Crippen MR) is 75.2 cm³/mol. The molecule has 1 aromatic carbocycles. The number of hydrogen-bond donors (Lipinski definition) is 1. The van der Waals surface area contributed by atoms with Crippen molar-refractivity contribution in [2.75, 3.05) is 7.05 Å². The Balaban J connectivity index is 2.26. The first kappa shape index (κ1) is 14.2. The van der Waals surface area contributed by atoms with Crippen LogP contribution >= 0.6 is 11.6 Å². The summed E-state index contributed by atoms with van der Waals surface area (Å²) in [5.41, 5.74) is 0.722. The van der Waals surface area contributed by atoms with E-state index in [1.807, 2.05) is 19.2 Å². The van der Waals surface area contributed by atoms with Gasteiger partial charge in [0.2, 0.25) is 5.88 Å². The van der Waals surface area contributed by atoms with Gasteiger partial charge >= 0.3 is 0 Å². The minimum absolute atomic E-state index is 0.0265. The van der Waals surface area contributed by atoms with Crippen LogP contribution in [0.3, 0.4) is 0 Å². The molecule has 0 saturated heterocycles. The fraction of sp³-hybridized carbons (Fsp3) is 0.154. The fourth-order valence-electron chi connectivity index (χ4n) is 1.65. The molecule has 0 fully saturated rings. The second kappa shape index (κ2) is 6.31. The maximum atomic E-state index is 10.7. The zero-order valence-corrected chi connectivity index (χ0v) is 11.4. The van der Waals surface area contributed by atoms with Gasteiger partial charge in [0.25, 0.3) is 5.69 Å². The Kier molecular flexibility index (Phi) is 4.49. The number of nitro benzene ring substituents is 1. The van der Waals surface area contributed by atoms with Crippen molar-refractivity contribution >= 4 is 17.3 Å². The number of aromatic nitrogens is 1. The van der Waals surface area contributed by atoms with E-state index in [0.717, 1.165) is 5.56 Å². The molecule has 0 radical (unpaired) electrons. The first-order valence-corrected chi connectivity index (χ1v) is 6.20. The predicted octanol–water partition coefficient (Wildman–Crippen LogP) is 3.15. The van der Waals surface area contributed by atoms with E-state index in [1.165, 1.54) is 18.2 Å². The lowest BCUT2D eigenvalue weighted by Crippen LogP contribution is -2.07.